The van der Waals surface area contributed by atoms with Gasteiger partial charge in [-0.3, -0.25) is 24.1 Å². The summed E-state index contributed by atoms with van der Waals surface area (Å²) < 4.78 is 28.7. The van der Waals surface area contributed by atoms with Gasteiger partial charge in [0.15, 0.2) is 0 Å². The molecule has 0 radical (unpaired) electrons. The maximum atomic E-state index is 14.5. The lowest BCUT2D eigenvalue weighted by Crippen LogP contribution is -2.60. The zero-order valence-electron chi connectivity index (χ0n) is 41.0. The first-order valence-electron chi connectivity index (χ1n) is 23.4. The van der Waals surface area contributed by atoms with Gasteiger partial charge in [0.05, 0.1) is 75.7 Å². The summed E-state index contributed by atoms with van der Waals surface area (Å²) in [4.78, 5) is 73.9. The fourth-order valence-electron chi connectivity index (χ4n) is 8.68. The van der Waals surface area contributed by atoms with Crippen LogP contribution in [0.4, 0.5) is 0 Å². The minimum Gasteiger partial charge on any atom is -0.480 e. The van der Waals surface area contributed by atoms with Crippen LogP contribution in [0.5, 0.6) is 0 Å². The normalized spacial score (nSPS) is 18.0. The van der Waals surface area contributed by atoms with Crippen LogP contribution in [0.2, 0.25) is 0 Å². The van der Waals surface area contributed by atoms with Crippen molar-refractivity contribution in [2.75, 3.05) is 81.0 Å². The number of carboxylic acids is 1. The number of likely N-dealkylation sites (N-methyl/N-ethyl adjacent to an activating group) is 2. The minimum absolute atomic E-state index is 0.0324. The molecule has 0 aliphatic carbocycles. The largest absolute Gasteiger partial charge is 0.480 e. The van der Waals surface area contributed by atoms with E-state index in [0.29, 0.717) is 72.0 Å². The Morgan fingerprint density at radius 2 is 1.42 bits per heavy atom. The van der Waals surface area contributed by atoms with Crippen molar-refractivity contribution in [3.8, 4) is 0 Å². The van der Waals surface area contributed by atoms with E-state index < -0.39 is 60.2 Å². The highest BCUT2D eigenvalue weighted by molar-refractivity contribution is 5.90. The second-order valence-electron chi connectivity index (χ2n) is 17.9. The Hall–Kier alpha value is -3.67. The molecule has 1 fully saturated rings. The fourth-order valence-corrected chi connectivity index (χ4v) is 8.68. The van der Waals surface area contributed by atoms with Crippen molar-refractivity contribution < 1.29 is 52.8 Å². The van der Waals surface area contributed by atoms with E-state index in [2.05, 4.69) is 17.6 Å². The number of hydrogen-bond donors (Lipinski definition) is 3. The Bertz CT molecular complexity index is 1530. The molecular weight excluding hydrogens is 823 g/mol. The molecule has 0 unspecified atom stereocenters. The minimum atomic E-state index is -1.14. The molecule has 9 atom stereocenters. The molecule has 1 aliphatic heterocycles. The molecule has 1 aromatic rings. The number of hydrogen-bond acceptors (Lipinski definition) is 11. The van der Waals surface area contributed by atoms with Crippen molar-refractivity contribution in [3.63, 3.8) is 0 Å². The number of carbonyl (C=O) groups is 5. The van der Waals surface area contributed by atoms with Crippen molar-refractivity contribution in [1.29, 1.82) is 0 Å². The smallest absolute Gasteiger partial charge is 0.326 e. The number of nitrogens with one attached hydrogen (secondary N) is 2. The van der Waals surface area contributed by atoms with Gasteiger partial charge in [0.25, 0.3) is 0 Å². The van der Waals surface area contributed by atoms with E-state index in [9.17, 15) is 29.1 Å². The summed E-state index contributed by atoms with van der Waals surface area (Å²) in [6.45, 7) is 19.6. The molecule has 4 amide bonds. The van der Waals surface area contributed by atoms with Crippen LogP contribution in [0.3, 0.4) is 0 Å². The number of benzene rings is 1. The Balaban J connectivity index is 2.16. The number of carboxylic acid groups (broad SMARTS) is 1. The summed E-state index contributed by atoms with van der Waals surface area (Å²) in [6, 6.07) is 5.65. The number of likely N-dealkylation sites (tertiary alicyclic amines) is 1. The third kappa shape index (κ3) is 17.6. The molecule has 0 spiro atoms. The Morgan fingerprint density at radius 1 is 0.812 bits per heavy atom. The number of rotatable bonds is 32. The molecule has 3 N–H and O–H groups in total. The number of carbonyl (C=O) groups excluding carboxylic acids is 4. The van der Waals surface area contributed by atoms with Crippen molar-refractivity contribution in [1.82, 2.24) is 25.3 Å². The molecule has 1 saturated heterocycles. The van der Waals surface area contributed by atoms with E-state index in [4.69, 9.17) is 23.7 Å². The van der Waals surface area contributed by atoms with Crippen LogP contribution >= 0.6 is 0 Å². The maximum absolute atomic E-state index is 14.5. The molecule has 1 aliphatic rings. The average molecular weight is 906 g/mol. The summed E-state index contributed by atoms with van der Waals surface area (Å²) in [6.07, 6.45) is 1.65. The van der Waals surface area contributed by atoms with Crippen LogP contribution in [0, 0.1) is 23.7 Å². The van der Waals surface area contributed by atoms with E-state index >= 15 is 0 Å². The zero-order valence-corrected chi connectivity index (χ0v) is 41.0. The first-order valence-corrected chi connectivity index (χ1v) is 23.4. The number of ether oxygens (including phenoxy) is 5. The summed E-state index contributed by atoms with van der Waals surface area (Å²) in [5.41, 5.74) is 0.779. The van der Waals surface area contributed by atoms with Crippen molar-refractivity contribution in [2.24, 2.45) is 23.7 Å². The van der Waals surface area contributed by atoms with Gasteiger partial charge in [0, 0.05) is 47.4 Å². The molecule has 0 bridgehead atoms. The highest BCUT2D eigenvalue weighted by Gasteiger charge is 2.43. The van der Waals surface area contributed by atoms with Gasteiger partial charge >= 0.3 is 5.97 Å². The van der Waals surface area contributed by atoms with E-state index in [1.54, 1.807) is 23.8 Å². The molecule has 2 rings (SSSR count). The van der Waals surface area contributed by atoms with E-state index in [-0.39, 0.29) is 48.3 Å². The fraction of sp³-hybridized carbons (Fsp3) is 0.771. The Labute approximate surface area is 383 Å². The van der Waals surface area contributed by atoms with Crippen LogP contribution in [-0.2, 0) is 54.1 Å². The molecule has 0 saturated carbocycles. The number of nitrogens with zero attached hydrogens (tertiary/aromatic N) is 3. The van der Waals surface area contributed by atoms with Crippen molar-refractivity contribution in [3.05, 3.63) is 35.9 Å². The molecular formula is C48H83N5O11. The maximum Gasteiger partial charge on any atom is 0.326 e. The lowest BCUT2D eigenvalue weighted by atomic mass is 9.89. The molecule has 1 heterocycles. The molecule has 0 aromatic heterocycles. The van der Waals surface area contributed by atoms with Crippen LogP contribution in [0.1, 0.15) is 93.1 Å². The van der Waals surface area contributed by atoms with Gasteiger partial charge in [-0.25, -0.2) is 4.79 Å². The summed E-state index contributed by atoms with van der Waals surface area (Å²) in [5.74, 6) is -3.49. The lowest BCUT2D eigenvalue weighted by Gasteiger charge is -2.41. The zero-order chi connectivity index (χ0) is 47.9. The van der Waals surface area contributed by atoms with Gasteiger partial charge in [-0.2, -0.15) is 0 Å². The first-order chi connectivity index (χ1) is 30.4. The standard InChI is InChI=1S/C48H83N5O11/c1-13-24-62-26-28-64-29-27-63-25-23-51(9)42(33(5)6)46(56)50-41(32(3)4)47(57)52(10)43(34(7)14-2)39(60-11)31-40(54)53-22-18-21-38(53)44(61-12)35(8)45(55)49-37(48(58)59)30-36-19-16-15-17-20-36/h15-17,19-20,32-35,37-39,41-44H,13-14,18,21-31H2,1-12H3,(H,49,55)(H,50,56)(H,58,59)/t34-,35+,37+,38-,39+,41-,42-,43-,44+/m0/s1. The van der Waals surface area contributed by atoms with Crippen LogP contribution in [0.25, 0.3) is 0 Å². The van der Waals surface area contributed by atoms with E-state index in [0.717, 1.165) is 12.0 Å². The first kappa shape index (κ1) is 56.5. The molecule has 1 aromatic carbocycles. The highest BCUT2D eigenvalue weighted by atomic mass is 16.5. The quantitative estimate of drug-likeness (QED) is 0.0874. The second-order valence-corrected chi connectivity index (χ2v) is 17.9. The van der Waals surface area contributed by atoms with Gasteiger partial charge in [-0.05, 0) is 49.6 Å². The Kier molecular flexibility index (Phi) is 26.3. The Morgan fingerprint density at radius 3 is 1.95 bits per heavy atom. The predicted octanol–water partition coefficient (Wildman–Crippen LogP) is 4.28. The van der Waals surface area contributed by atoms with Gasteiger partial charge in [-0.1, -0.05) is 92.1 Å². The number of aliphatic carboxylic acids is 1. The molecule has 366 valence electrons. The van der Waals surface area contributed by atoms with Crippen LogP contribution < -0.4 is 10.6 Å². The molecule has 16 heteroatoms. The summed E-state index contributed by atoms with van der Waals surface area (Å²) >= 11 is 0. The van der Waals surface area contributed by atoms with Crippen molar-refractivity contribution >= 4 is 29.6 Å². The predicted molar refractivity (Wildman–Crippen MR) is 247 cm³/mol. The number of amides is 4. The highest BCUT2D eigenvalue weighted by Crippen LogP contribution is 2.30. The van der Waals surface area contributed by atoms with Crippen molar-refractivity contribution in [2.45, 2.75) is 136 Å². The van der Waals surface area contributed by atoms with Gasteiger partial charge in [0.2, 0.25) is 23.6 Å². The van der Waals surface area contributed by atoms with Crippen LogP contribution in [-0.4, -0.2) is 173 Å². The van der Waals surface area contributed by atoms with Crippen LogP contribution in [0.15, 0.2) is 30.3 Å². The average Bonchev–Trinajstić information content (AvgIpc) is 3.75. The van der Waals surface area contributed by atoms with E-state index in [1.165, 1.54) is 14.2 Å². The monoisotopic (exact) mass is 906 g/mol. The summed E-state index contributed by atoms with van der Waals surface area (Å²) in [7, 11) is 6.63. The SMILES string of the molecule is CCCOCCOCCOCCN(C)[C@H](C(=O)N[C@H](C(=O)N(C)[C@@H]([C@@H](C)CC)[C@@H](CC(=O)N1CCC[C@H]1[C@H](OC)[C@@H](C)C(=O)N[C@H](Cc1ccccc1)C(=O)O)OC)C(C)C)C(C)C. The third-order valence-electron chi connectivity index (χ3n) is 12.4. The van der Waals surface area contributed by atoms with Gasteiger partial charge in [-0.15, -0.1) is 0 Å². The summed E-state index contributed by atoms with van der Waals surface area (Å²) in [5, 5.41) is 15.7. The topological polar surface area (TPSA) is 186 Å². The van der Waals surface area contributed by atoms with E-state index in [1.807, 2.05) is 83.8 Å². The number of methoxy groups -OCH3 is 2. The van der Waals surface area contributed by atoms with Gasteiger partial charge in [0.1, 0.15) is 12.1 Å². The lowest BCUT2D eigenvalue weighted by molar-refractivity contribution is -0.148. The second kappa shape index (κ2) is 29.8. The van der Waals surface area contributed by atoms with Gasteiger partial charge < -0.3 is 49.2 Å². The molecule has 64 heavy (non-hydrogen) atoms. The third-order valence-corrected chi connectivity index (χ3v) is 12.4. The molecule has 16 nitrogen and oxygen atoms in total.